The summed E-state index contributed by atoms with van der Waals surface area (Å²) in [5.41, 5.74) is 3.17. The second kappa shape index (κ2) is 9.05. The first-order chi connectivity index (χ1) is 14.9. The van der Waals surface area contributed by atoms with Gasteiger partial charge in [-0.15, -0.1) is 10.2 Å². The van der Waals surface area contributed by atoms with Gasteiger partial charge in [0.1, 0.15) is 5.82 Å². The van der Waals surface area contributed by atoms with E-state index < -0.39 is 0 Å². The van der Waals surface area contributed by atoms with Gasteiger partial charge in [0, 0.05) is 37.9 Å². The predicted molar refractivity (Wildman–Crippen MR) is 117 cm³/mol. The van der Waals surface area contributed by atoms with E-state index in [9.17, 15) is 0 Å². The van der Waals surface area contributed by atoms with Crippen molar-refractivity contribution in [3.8, 4) is 11.4 Å². The van der Waals surface area contributed by atoms with Crippen molar-refractivity contribution in [1.29, 1.82) is 0 Å². The highest BCUT2D eigenvalue weighted by Gasteiger charge is 2.32. The third kappa shape index (κ3) is 4.71. The molecule has 1 saturated heterocycles. The number of halogens is 1. The fraction of sp³-hybridized carbons (Fsp3) is 0.500. The van der Waals surface area contributed by atoms with E-state index in [4.69, 9.17) is 0 Å². The standard InChI is InChI=1S/C22H29FN8/c1-14(2)8-17-9-19(23)21(22-26-28-29-27-22)20(10-17)30-11-15(3)31(16(4)12-30)13-18-6-5-7-24-25-18/h5-7,9-10,14-16H,8,11-13H2,1-4H3,(H,26,27,28,29)/t15-,16+. The summed E-state index contributed by atoms with van der Waals surface area (Å²) in [6.45, 7) is 10.9. The summed E-state index contributed by atoms with van der Waals surface area (Å²) < 4.78 is 15.3. The molecule has 2 atom stereocenters. The van der Waals surface area contributed by atoms with Crippen LogP contribution >= 0.6 is 0 Å². The van der Waals surface area contributed by atoms with Crippen molar-refractivity contribution in [2.45, 2.75) is 52.7 Å². The van der Waals surface area contributed by atoms with Gasteiger partial charge < -0.3 is 4.90 Å². The smallest absolute Gasteiger partial charge is 0.209 e. The van der Waals surface area contributed by atoms with E-state index in [-0.39, 0.29) is 23.7 Å². The number of piperazine rings is 1. The fourth-order valence-corrected chi connectivity index (χ4v) is 4.44. The molecule has 0 amide bonds. The van der Waals surface area contributed by atoms with Crippen LogP contribution in [0.25, 0.3) is 11.4 Å². The lowest BCUT2D eigenvalue weighted by atomic mass is 9.97. The summed E-state index contributed by atoms with van der Waals surface area (Å²) in [4.78, 5) is 4.67. The van der Waals surface area contributed by atoms with Crippen LogP contribution in [-0.2, 0) is 13.0 Å². The maximum absolute atomic E-state index is 15.3. The first kappa shape index (κ1) is 21.3. The van der Waals surface area contributed by atoms with Gasteiger partial charge in [0.15, 0.2) is 0 Å². The summed E-state index contributed by atoms with van der Waals surface area (Å²) in [5, 5.41) is 22.4. The largest absolute Gasteiger partial charge is 0.368 e. The molecule has 4 rings (SSSR count). The molecule has 1 aromatic carbocycles. The Morgan fingerprint density at radius 1 is 1.16 bits per heavy atom. The van der Waals surface area contributed by atoms with Crippen LogP contribution < -0.4 is 4.90 Å². The number of nitrogens with zero attached hydrogens (tertiary/aromatic N) is 7. The molecule has 0 saturated carbocycles. The van der Waals surface area contributed by atoms with E-state index in [1.807, 2.05) is 12.1 Å². The number of aromatic amines is 1. The van der Waals surface area contributed by atoms with Gasteiger partial charge in [0.25, 0.3) is 0 Å². The van der Waals surface area contributed by atoms with E-state index >= 15 is 4.39 Å². The van der Waals surface area contributed by atoms with E-state index in [1.165, 1.54) is 0 Å². The van der Waals surface area contributed by atoms with Crippen molar-refractivity contribution in [1.82, 2.24) is 35.7 Å². The van der Waals surface area contributed by atoms with E-state index in [1.54, 1.807) is 12.3 Å². The molecule has 0 bridgehead atoms. The first-order valence-electron chi connectivity index (χ1n) is 10.8. The number of nitrogens with one attached hydrogen (secondary N) is 1. The molecule has 1 fully saturated rings. The maximum Gasteiger partial charge on any atom is 0.209 e. The van der Waals surface area contributed by atoms with Crippen molar-refractivity contribution >= 4 is 5.69 Å². The third-order valence-corrected chi connectivity index (χ3v) is 5.76. The normalized spacial score (nSPS) is 19.9. The SMILES string of the molecule is CC(C)Cc1cc(F)c(-c2nn[nH]n2)c(N2C[C@@H](C)N(Cc3cccnn3)[C@@H](C)C2)c1. The molecular formula is C22H29FN8. The molecule has 1 aliphatic rings. The summed E-state index contributed by atoms with van der Waals surface area (Å²) in [5.74, 6) is 0.410. The molecule has 0 radical (unpaired) electrons. The maximum atomic E-state index is 15.3. The van der Waals surface area contributed by atoms with Crippen molar-refractivity contribution in [3.05, 3.63) is 47.5 Å². The molecule has 8 nitrogen and oxygen atoms in total. The van der Waals surface area contributed by atoms with Gasteiger partial charge in [-0.25, -0.2) is 4.39 Å². The summed E-state index contributed by atoms with van der Waals surface area (Å²) in [6, 6.07) is 8.10. The number of hydrogen-bond acceptors (Lipinski definition) is 7. The molecule has 164 valence electrons. The summed E-state index contributed by atoms with van der Waals surface area (Å²) in [6.07, 6.45) is 2.50. The van der Waals surface area contributed by atoms with E-state index in [2.05, 4.69) is 74.4 Å². The molecule has 0 aliphatic carbocycles. The zero-order chi connectivity index (χ0) is 22.0. The zero-order valence-electron chi connectivity index (χ0n) is 18.5. The Bertz CT molecular complexity index is 980. The fourth-order valence-electron chi connectivity index (χ4n) is 4.44. The van der Waals surface area contributed by atoms with Gasteiger partial charge in [-0.05, 0) is 61.2 Å². The topological polar surface area (TPSA) is 86.7 Å². The highest BCUT2D eigenvalue weighted by atomic mass is 19.1. The molecule has 9 heteroatoms. The Hall–Kier alpha value is -2.94. The van der Waals surface area contributed by atoms with Gasteiger partial charge in [-0.3, -0.25) is 4.90 Å². The lowest BCUT2D eigenvalue weighted by molar-refractivity contribution is 0.121. The molecule has 31 heavy (non-hydrogen) atoms. The van der Waals surface area contributed by atoms with Crippen LogP contribution in [0.15, 0.2) is 30.5 Å². The highest BCUT2D eigenvalue weighted by Crippen LogP contribution is 2.35. The van der Waals surface area contributed by atoms with Crippen molar-refractivity contribution in [3.63, 3.8) is 0 Å². The minimum atomic E-state index is -0.308. The second-order valence-corrected chi connectivity index (χ2v) is 8.80. The number of rotatable bonds is 6. The average molecular weight is 425 g/mol. The monoisotopic (exact) mass is 424 g/mol. The molecule has 2 aromatic heterocycles. The summed E-state index contributed by atoms with van der Waals surface area (Å²) in [7, 11) is 0. The number of H-pyrrole nitrogens is 1. The third-order valence-electron chi connectivity index (χ3n) is 5.76. The second-order valence-electron chi connectivity index (χ2n) is 8.80. The summed E-state index contributed by atoms with van der Waals surface area (Å²) >= 11 is 0. The van der Waals surface area contributed by atoms with Crippen LogP contribution in [0.5, 0.6) is 0 Å². The van der Waals surface area contributed by atoms with Gasteiger partial charge in [-0.2, -0.15) is 15.4 Å². The molecular weight excluding hydrogens is 395 g/mol. The highest BCUT2D eigenvalue weighted by molar-refractivity contribution is 5.76. The first-order valence-corrected chi connectivity index (χ1v) is 10.8. The Morgan fingerprint density at radius 2 is 1.94 bits per heavy atom. The lowest BCUT2D eigenvalue weighted by Gasteiger charge is -2.45. The van der Waals surface area contributed by atoms with Crippen LogP contribution in [0.4, 0.5) is 10.1 Å². The molecule has 0 spiro atoms. The van der Waals surface area contributed by atoms with Crippen LogP contribution in [0, 0.1) is 11.7 Å². The lowest BCUT2D eigenvalue weighted by Crippen LogP contribution is -2.56. The average Bonchev–Trinajstić information content (AvgIpc) is 3.24. The van der Waals surface area contributed by atoms with Crippen LogP contribution in [0.3, 0.4) is 0 Å². The number of hydrogen-bond donors (Lipinski definition) is 1. The van der Waals surface area contributed by atoms with Gasteiger partial charge in [-0.1, -0.05) is 13.8 Å². The molecule has 0 unspecified atom stereocenters. The molecule has 3 aromatic rings. The minimum absolute atomic E-state index is 0.251. The van der Waals surface area contributed by atoms with Gasteiger partial charge in [0.05, 0.1) is 16.9 Å². The van der Waals surface area contributed by atoms with Gasteiger partial charge >= 0.3 is 0 Å². The quantitative estimate of drug-likeness (QED) is 0.651. The Kier molecular flexibility index (Phi) is 6.22. The Balaban J connectivity index is 1.65. The number of tetrazole rings is 1. The molecule has 1 N–H and O–H groups in total. The van der Waals surface area contributed by atoms with E-state index in [0.29, 0.717) is 11.5 Å². The molecule has 1 aliphatic heterocycles. The number of benzene rings is 1. The van der Waals surface area contributed by atoms with Crippen LogP contribution in [-0.4, -0.2) is 60.9 Å². The number of anilines is 1. The minimum Gasteiger partial charge on any atom is -0.368 e. The predicted octanol–water partition coefficient (Wildman–Crippen LogP) is 3.09. The van der Waals surface area contributed by atoms with Gasteiger partial charge in [0.2, 0.25) is 5.82 Å². The van der Waals surface area contributed by atoms with Crippen molar-refractivity contribution in [2.75, 3.05) is 18.0 Å². The van der Waals surface area contributed by atoms with Crippen molar-refractivity contribution in [2.24, 2.45) is 5.92 Å². The molecule has 3 heterocycles. The number of aromatic nitrogens is 6. The van der Waals surface area contributed by atoms with Crippen LogP contribution in [0.1, 0.15) is 39.0 Å². The van der Waals surface area contributed by atoms with Crippen LogP contribution in [0.2, 0.25) is 0 Å². The Morgan fingerprint density at radius 3 is 2.55 bits per heavy atom. The Labute approximate surface area is 181 Å². The van der Waals surface area contributed by atoms with Crippen molar-refractivity contribution < 1.29 is 4.39 Å². The zero-order valence-corrected chi connectivity index (χ0v) is 18.5. The van der Waals surface area contributed by atoms with E-state index in [0.717, 1.165) is 43.0 Å².